The molecule has 128 valence electrons. The van der Waals surface area contributed by atoms with Crippen LogP contribution in [0.5, 0.6) is 0 Å². The lowest BCUT2D eigenvalue weighted by atomic mass is 10.1. The number of carbonyl (C=O) groups excluding carboxylic acids is 1. The molecule has 1 aromatic heterocycles. The summed E-state index contributed by atoms with van der Waals surface area (Å²) >= 11 is 0. The molecule has 1 aromatic carbocycles. The zero-order valence-corrected chi connectivity index (χ0v) is 14.0. The molecule has 0 aliphatic carbocycles. The highest BCUT2D eigenvalue weighted by Crippen LogP contribution is 2.12. The van der Waals surface area contributed by atoms with Gasteiger partial charge in [0, 0.05) is 32.7 Å². The Morgan fingerprint density at radius 3 is 2.92 bits per heavy atom. The van der Waals surface area contributed by atoms with Crippen molar-refractivity contribution >= 4 is 5.91 Å². The average Bonchev–Trinajstić information content (AvgIpc) is 2.81. The molecule has 2 aromatic rings. The molecule has 1 aliphatic rings. The summed E-state index contributed by atoms with van der Waals surface area (Å²) in [4.78, 5) is 16.7. The summed E-state index contributed by atoms with van der Waals surface area (Å²) in [5.41, 5.74) is 3.03. The Morgan fingerprint density at radius 1 is 1.29 bits per heavy atom. The Morgan fingerprint density at radius 2 is 2.17 bits per heavy atom. The number of rotatable bonds is 4. The minimum absolute atomic E-state index is 0.0696. The van der Waals surface area contributed by atoms with E-state index in [1.807, 2.05) is 18.0 Å². The number of nitrogens with one attached hydrogen (secondary N) is 1. The van der Waals surface area contributed by atoms with Gasteiger partial charge in [0.05, 0.1) is 18.3 Å². The maximum atomic E-state index is 13.2. The van der Waals surface area contributed by atoms with Crippen LogP contribution >= 0.6 is 0 Å². The number of aromatic amines is 1. The second-order valence-corrected chi connectivity index (χ2v) is 6.35. The minimum atomic E-state index is -0.294. The molecule has 1 amide bonds. The quantitative estimate of drug-likeness (QED) is 0.934. The predicted octanol–water partition coefficient (Wildman–Crippen LogP) is 2.13. The van der Waals surface area contributed by atoms with Gasteiger partial charge in [-0.2, -0.15) is 5.10 Å². The summed E-state index contributed by atoms with van der Waals surface area (Å²) in [5.74, 6) is -0.225. The Kier molecular flexibility index (Phi) is 5.25. The van der Waals surface area contributed by atoms with Crippen molar-refractivity contribution in [3.05, 3.63) is 53.1 Å². The first-order valence-corrected chi connectivity index (χ1v) is 8.35. The maximum absolute atomic E-state index is 13.2. The third-order valence-corrected chi connectivity index (χ3v) is 4.50. The van der Waals surface area contributed by atoms with E-state index in [1.165, 1.54) is 17.7 Å². The van der Waals surface area contributed by atoms with E-state index >= 15 is 0 Å². The van der Waals surface area contributed by atoms with Gasteiger partial charge in [-0.1, -0.05) is 12.1 Å². The summed E-state index contributed by atoms with van der Waals surface area (Å²) in [6.07, 6.45) is 3.04. The van der Waals surface area contributed by atoms with Gasteiger partial charge in [-0.15, -0.1) is 0 Å². The molecule has 0 unspecified atom stereocenters. The monoisotopic (exact) mass is 330 g/mol. The van der Waals surface area contributed by atoms with Gasteiger partial charge in [-0.25, -0.2) is 4.39 Å². The molecule has 2 heterocycles. The summed E-state index contributed by atoms with van der Waals surface area (Å²) < 4.78 is 13.2. The number of H-pyrrole nitrogens is 1. The second kappa shape index (κ2) is 7.57. The van der Waals surface area contributed by atoms with Gasteiger partial charge in [-0.05, 0) is 36.6 Å². The van der Waals surface area contributed by atoms with E-state index in [0.29, 0.717) is 6.54 Å². The van der Waals surface area contributed by atoms with E-state index in [9.17, 15) is 9.18 Å². The third kappa shape index (κ3) is 4.20. The number of amides is 1. The lowest BCUT2D eigenvalue weighted by Gasteiger charge is -2.22. The lowest BCUT2D eigenvalue weighted by Crippen LogP contribution is -2.36. The molecule has 5 nitrogen and oxygen atoms in total. The smallest absolute Gasteiger partial charge is 0.227 e. The Hall–Kier alpha value is -2.21. The molecule has 0 saturated carbocycles. The van der Waals surface area contributed by atoms with Gasteiger partial charge >= 0.3 is 0 Å². The summed E-state index contributed by atoms with van der Waals surface area (Å²) in [6, 6.07) is 6.28. The van der Waals surface area contributed by atoms with Gasteiger partial charge in [0.1, 0.15) is 5.82 Å². The normalized spacial score (nSPS) is 16.2. The number of benzene rings is 1. The molecule has 1 aliphatic heterocycles. The van der Waals surface area contributed by atoms with E-state index in [2.05, 4.69) is 15.1 Å². The molecule has 0 radical (unpaired) electrons. The fourth-order valence-electron chi connectivity index (χ4n) is 3.07. The van der Waals surface area contributed by atoms with Crippen LogP contribution in [0, 0.1) is 12.7 Å². The maximum Gasteiger partial charge on any atom is 0.227 e. The van der Waals surface area contributed by atoms with Crippen molar-refractivity contribution in [2.45, 2.75) is 26.3 Å². The summed E-state index contributed by atoms with van der Waals surface area (Å²) in [6.45, 7) is 6.15. The van der Waals surface area contributed by atoms with Crippen LogP contribution in [0.1, 0.15) is 23.2 Å². The lowest BCUT2D eigenvalue weighted by molar-refractivity contribution is -0.130. The number of hydrogen-bond donors (Lipinski definition) is 1. The van der Waals surface area contributed by atoms with Crippen LogP contribution in [-0.2, 0) is 17.8 Å². The number of aryl methyl sites for hydroxylation is 1. The van der Waals surface area contributed by atoms with Crippen LogP contribution in [0.4, 0.5) is 4.39 Å². The average molecular weight is 330 g/mol. The van der Waals surface area contributed by atoms with Crippen molar-refractivity contribution < 1.29 is 9.18 Å². The van der Waals surface area contributed by atoms with Crippen LogP contribution < -0.4 is 0 Å². The topological polar surface area (TPSA) is 52.2 Å². The predicted molar refractivity (Wildman–Crippen MR) is 89.9 cm³/mol. The van der Waals surface area contributed by atoms with Crippen molar-refractivity contribution in [3.8, 4) is 0 Å². The van der Waals surface area contributed by atoms with E-state index in [1.54, 1.807) is 12.1 Å². The zero-order chi connectivity index (χ0) is 16.9. The standard InChI is InChI=1S/C18H23FN4O/c1-14-12-20-21-17(14)13-22-6-3-7-23(9-8-22)18(24)11-15-4-2-5-16(19)10-15/h2,4-5,10,12H,3,6-9,11,13H2,1H3,(H,20,21). The molecule has 0 bridgehead atoms. The first-order chi connectivity index (χ1) is 11.6. The molecular weight excluding hydrogens is 307 g/mol. The van der Waals surface area contributed by atoms with Crippen LogP contribution in [0.15, 0.2) is 30.5 Å². The molecule has 1 fully saturated rings. The number of nitrogens with zero attached hydrogens (tertiary/aromatic N) is 3. The molecule has 1 N–H and O–H groups in total. The fourth-order valence-corrected chi connectivity index (χ4v) is 3.07. The number of halogens is 1. The Bertz CT molecular complexity index is 700. The van der Waals surface area contributed by atoms with E-state index < -0.39 is 0 Å². The van der Waals surface area contributed by atoms with Crippen LogP contribution in [-0.4, -0.2) is 52.1 Å². The molecule has 24 heavy (non-hydrogen) atoms. The number of carbonyl (C=O) groups is 1. The largest absolute Gasteiger partial charge is 0.341 e. The highest BCUT2D eigenvalue weighted by Gasteiger charge is 2.20. The van der Waals surface area contributed by atoms with Crippen molar-refractivity contribution in [2.24, 2.45) is 0 Å². The van der Waals surface area contributed by atoms with Crippen molar-refractivity contribution in [1.29, 1.82) is 0 Å². The Labute approximate surface area is 141 Å². The molecule has 1 saturated heterocycles. The highest BCUT2D eigenvalue weighted by atomic mass is 19.1. The molecule has 6 heteroatoms. The number of hydrogen-bond acceptors (Lipinski definition) is 3. The number of aromatic nitrogens is 2. The second-order valence-electron chi connectivity index (χ2n) is 6.35. The van der Waals surface area contributed by atoms with Gasteiger partial charge in [0.25, 0.3) is 0 Å². The first-order valence-electron chi connectivity index (χ1n) is 8.35. The SMILES string of the molecule is Cc1cn[nH]c1CN1CCCN(C(=O)Cc2cccc(F)c2)CC1. The van der Waals surface area contributed by atoms with E-state index in [-0.39, 0.29) is 18.1 Å². The molecular formula is C18H23FN4O. The minimum Gasteiger partial charge on any atom is -0.341 e. The van der Waals surface area contributed by atoms with Crippen LogP contribution in [0.3, 0.4) is 0 Å². The van der Waals surface area contributed by atoms with E-state index in [0.717, 1.165) is 43.9 Å². The van der Waals surface area contributed by atoms with Crippen molar-refractivity contribution in [2.75, 3.05) is 26.2 Å². The van der Waals surface area contributed by atoms with Gasteiger partial charge in [-0.3, -0.25) is 14.8 Å². The molecule has 0 spiro atoms. The highest BCUT2D eigenvalue weighted by molar-refractivity contribution is 5.78. The van der Waals surface area contributed by atoms with Crippen molar-refractivity contribution in [3.63, 3.8) is 0 Å². The summed E-state index contributed by atoms with van der Waals surface area (Å²) in [5, 5.41) is 7.10. The first kappa shape index (κ1) is 16.6. The molecule has 3 rings (SSSR count). The van der Waals surface area contributed by atoms with Crippen LogP contribution in [0.25, 0.3) is 0 Å². The van der Waals surface area contributed by atoms with E-state index in [4.69, 9.17) is 0 Å². The zero-order valence-electron chi connectivity index (χ0n) is 14.0. The Balaban J connectivity index is 1.55. The van der Waals surface area contributed by atoms with Gasteiger partial charge in [0.15, 0.2) is 0 Å². The van der Waals surface area contributed by atoms with Gasteiger partial charge in [0.2, 0.25) is 5.91 Å². The third-order valence-electron chi connectivity index (χ3n) is 4.50. The van der Waals surface area contributed by atoms with Gasteiger partial charge < -0.3 is 4.90 Å². The summed E-state index contributed by atoms with van der Waals surface area (Å²) in [7, 11) is 0. The fraction of sp³-hybridized carbons (Fsp3) is 0.444. The van der Waals surface area contributed by atoms with Crippen LogP contribution in [0.2, 0.25) is 0 Å². The molecule has 0 atom stereocenters. The van der Waals surface area contributed by atoms with Crippen molar-refractivity contribution in [1.82, 2.24) is 20.0 Å².